The van der Waals surface area contributed by atoms with Crippen molar-refractivity contribution >= 4 is 27.7 Å². The first-order chi connectivity index (χ1) is 18.2. The van der Waals surface area contributed by atoms with Crippen LogP contribution in [-0.4, -0.2) is 39.2 Å². The minimum absolute atomic E-state index is 0.00686. The van der Waals surface area contributed by atoms with Crippen LogP contribution in [0, 0.1) is 0 Å². The molecule has 1 aliphatic carbocycles. The van der Waals surface area contributed by atoms with E-state index in [4.69, 9.17) is 18.9 Å². The average Bonchev–Trinajstić information content (AvgIpc) is 2.91. The van der Waals surface area contributed by atoms with Crippen molar-refractivity contribution in [2.75, 3.05) is 21.3 Å². The Morgan fingerprint density at radius 1 is 1.05 bits per heavy atom. The van der Waals surface area contributed by atoms with Crippen LogP contribution in [-0.2, 0) is 14.3 Å². The lowest BCUT2D eigenvalue weighted by molar-refractivity contribution is -0.144. The molecule has 2 aliphatic rings. The van der Waals surface area contributed by atoms with Gasteiger partial charge in [-0.15, -0.1) is 0 Å². The zero-order chi connectivity index (χ0) is 27.6. The van der Waals surface area contributed by atoms with Crippen LogP contribution in [0.5, 0.6) is 17.2 Å². The van der Waals surface area contributed by atoms with Crippen molar-refractivity contribution in [1.82, 2.24) is 5.32 Å². The van der Waals surface area contributed by atoms with Crippen molar-refractivity contribution in [3.63, 3.8) is 0 Å². The molecular weight excluding hydrogens is 550 g/mol. The maximum Gasteiger partial charge on any atom is 0.337 e. The molecule has 1 N–H and O–H groups in total. The van der Waals surface area contributed by atoms with Crippen LogP contribution in [0.3, 0.4) is 0 Å². The molecule has 0 saturated carbocycles. The van der Waals surface area contributed by atoms with Gasteiger partial charge in [0.15, 0.2) is 17.3 Å². The minimum atomic E-state index is -0.624. The van der Waals surface area contributed by atoms with Gasteiger partial charge in [0.2, 0.25) is 0 Å². The first-order valence-electron chi connectivity index (χ1n) is 12.7. The highest BCUT2D eigenvalue weighted by atomic mass is 79.9. The normalized spacial score (nSPS) is 19.9. The van der Waals surface area contributed by atoms with Gasteiger partial charge in [-0.1, -0.05) is 35.0 Å². The van der Waals surface area contributed by atoms with Crippen molar-refractivity contribution in [3.8, 4) is 17.2 Å². The summed E-state index contributed by atoms with van der Waals surface area (Å²) in [5.41, 5.74) is 4.32. The van der Waals surface area contributed by atoms with E-state index in [1.807, 2.05) is 51.1 Å². The Kier molecular flexibility index (Phi) is 8.51. The molecule has 0 bridgehead atoms. The third kappa shape index (κ3) is 5.32. The lowest BCUT2D eigenvalue weighted by Crippen LogP contribution is -2.36. The summed E-state index contributed by atoms with van der Waals surface area (Å²) in [5.74, 6) is 0.772. The summed E-state index contributed by atoms with van der Waals surface area (Å²) in [4.78, 5) is 27.4. The highest BCUT2D eigenvalue weighted by Gasteiger charge is 2.42. The van der Waals surface area contributed by atoms with Crippen LogP contribution in [0.4, 0.5) is 0 Å². The van der Waals surface area contributed by atoms with Gasteiger partial charge >= 0.3 is 5.97 Å². The van der Waals surface area contributed by atoms with E-state index in [1.165, 1.54) is 0 Å². The van der Waals surface area contributed by atoms with Crippen molar-refractivity contribution in [2.24, 2.45) is 0 Å². The second-order valence-corrected chi connectivity index (χ2v) is 10.5. The highest BCUT2D eigenvalue weighted by Crippen LogP contribution is 2.49. The summed E-state index contributed by atoms with van der Waals surface area (Å²) in [6.07, 6.45) is 1.40. The van der Waals surface area contributed by atoms with E-state index in [0.717, 1.165) is 22.6 Å². The third-order valence-corrected chi connectivity index (χ3v) is 8.02. The summed E-state index contributed by atoms with van der Waals surface area (Å²) in [6, 6.07) is 11.5. The minimum Gasteiger partial charge on any atom is -0.497 e. The molecule has 0 saturated heterocycles. The fourth-order valence-electron chi connectivity index (χ4n) is 5.15. The number of allylic oxidation sites excluding steroid dienone is 3. The first-order valence-corrected chi connectivity index (χ1v) is 13.5. The number of Topliss-reactive ketones (excluding diaryl/α,β-unsaturated/α-hetero) is 1. The molecular formula is C30H34BrNO6. The summed E-state index contributed by atoms with van der Waals surface area (Å²) in [7, 11) is 4.76. The number of ketones is 1. The summed E-state index contributed by atoms with van der Waals surface area (Å²) in [5, 5.41) is 3.41. The zero-order valence-corrected chi connectivity index (χ0v) is 24.2. The van der Waals surface area contributed by atoms with E-state index in [2.05, 4.69) is 21.2 Å². The molecule has 0 aromatic heterocycles. The smallest absolute Gasteiger partial charge is 0.337 e. The van der Waals surface area contributed by atoms with E-state index in [9.17, 15) is 9.59 Å². The number of rotatable bonds is 8. The second-order valence-electron chi connectivity index (χ2n) is 9.64. The molecule has 0 unspecified atom stereocenters. The van der Waals surface area contributed by atoms with Crippen LogP contribution in [0.1, 0.15) is 63.0 Å². The van der Waals surface area contributed by atoms with E-state index in [0.29, 0.717) is 52.1 Å². The Balaban J connectivity index is 1.84. The van der Waals surface area contributed by atoms with Gasteiger partial charge in [0.25, 0.3) is 0 Å². The van der Waals surface area contributed by atoms with Crippen LogP contribution in [0.25, 0.3) is 0 Å². The second kappa shape index (κ2) is 11.6. The summed E-state index contributed by atoms with van der Waals surface area (Å²) < 4.78 is 22.8. The molecule has 2 aromatic carbocycles. The Morgan fingerprint density at radius 3 is 2.32 bits per heavy atom. The van der Waals surface area contributed by atoms with Gasteiger partial charge in [-0.25, -0.2) is 4.79 Å². The molecule has 4 rings (SSSR count). The molecule has 1 heterocycles. The molecule has 2 aromatic rings. The molecule has 0 radical (unpaired) electrons. The number of carbonyl (C=O) groups excluding carboxylic acids is 2. The molecule has 0 spiro atoms. The van der Waals surface area contributed by atoms with Crippen LogP contribution < -0.4 is 19.5 Å². The number of esters is 1. The number of ether oxygens (including phenoxy) is 4. The lowest BCUT2D eigenvalue weighted by atomic mass is 9.71. The monoisotopic (exact) mass is 583 g/mol. The number of methoxy groups -OCH3 is 3. The van der Waals surface area contributed by atoms with E-state index < -0.39 is 11.9 Å². The maximum atomic E-state index is 13.9. The maximum absolute atomic E-state index is 13.9. The number of nitrogens with one attached hydrogen (secondary N) is 1. The molecule has 38 heavy (non-hydrogen) atoms. The Morgan fingerprint density at radius 2 is 1.71 bits per heavy atom. The topological polar surface area (TPSA) is 83.1 Å². The Bertz CT molecular complexity index is 1300. The van der Waals surface area contributed by atoms with E-state index >= 15 is 0 Å². The average molecular weight is 585 g/mol. The molecule has 8 heteroatoms. The molecule has 0 amide bonds. The number of halogens is 1. The number of carbonyl (C=O) groups is 2. The fourth-order valence-corrected chi connectivity index (χ4v) is 5.70. The van der Waals surface area contributed by atoms with Gasteiger partial charge in [-0.2, -0.15) is 0 Å². The summed E-state index contributed by atoms with van der Waals surface area (Å²) >= 11 is 3.67. The lowest BCUT2D eigenvalue weighted by Gasteiger charge is -2.37. The van der Waals surface area contributed by atoms with Crippen molar-refractivity contribution < 1.29 is 28.5 Å². The largest absolute Gasteiger partial charge is 0.497 e. The Labute approximate surface area is 232 Å². The molecule has 202 valence electrons. The number of hydrogen-bond acceptors (Lipinski definition) is 7. The molecule has 0 fully saturated rings. The zero-order valence-electron chi connectivity index (χ0n) is 22.6. The molecule has 3 atom stereocenters. The fraction of sp³-hybridized carbons (Fsp3) is 0.400. The van der Waals surface area contributed by atoms with Gasteiger partial charge in [0, 0.05) is 33.8 Å². The van der Waals surface area contributed by atoms with E-state index in [-0.39, 0.29) is 17.8 Å². The standard InChI is InChI=1S/C30H34BrNO6/c1-7-16(2)38-30(34)27-17(3)32-23-12-19(18-8-10-20(35-4)11-9-18)13-24(33)29(23)28(27)21-14-25(36-5)26(37-6)15-22(21)31/h8-11,14-16,19,28,32H,7,12-13H2,1-6H3/t16-,19-,28+/m0/s1. The highest BCUT2D eigenvalue weighted by molar-refractivity contribution is 9.10. The van der Waals surface area contributed by atoms with Gasteiger partial charge in [-0.3, -0.25) is 4.79 Å². The molecule has 7 nitrogen and oxygen atoms in total. The first kappa shape index (κ1) is 27.8. The van der Waals surface area contributed by atoms with Gasteiger partial charge < -0.3 is 24.3 Å². The van der Waals surface area contributed by atoms with Gasteiger partial charge in [0.1, 0.15) is 5.75 Å². The Hall–Kier alpha value is -3.26. The van der Waals surface area contributed by atoms with Crippen LogP contribution in [0.2, 0.25) is 0 Å². The SMILES string of the molecule is CC[C@H](C)OC(=O)C1=C(C)NC2=C(C(=O)C[C@@H](c3ccc(OC)cc3)C2)[C@@H]1c1cc(OC)c(OC)cc1Br. The predicted molar refractivity (Wildman–Crippen MR) is 149 cm³/mol. The molecule has 1 aliphatic heterocycles. The van der Waals surface area contributed by atoms with Crippen molar-refractivity contribution in [3.05, 3.63) is 74.5 Å². The number of benzene rings is 2. The quantitative estimate of drug-likeness (QED) is 0.371. The van der Waals surface area contributed by atoms with Gasteiger partial charge in [0.05, 0.1) is 33.0 Å². The van der Waals surface area contributed by atoms with E-state index in [1.54, 1.807) is 27.4 Å². The van der Waals surface area contributed by atoms with Crippen molar-refractivity contribution in [1.29, 1.82) is 0 Å². The predicted octanol–water partition coefficient (Wildman–Crippen LogP) is 6.18. The van der Waals surface area contributed by atoms with Crippen LogP contribution in [0.15, 0.2) is 63.4 Å². The van der Waals surface area contributed by atoms with Crippen molar-refractivity contribution in [2.45, 2.75) is 58.0 Å². The third-order valence-electron chi connectivity index (χ3n) is 7.33. The number of hydrogen-bond donors (Lipinski definition) is 1. The number of dihydropyridines is 1. The van der Waals surface area contributed by atoms with Crippen LogP contribution >= 0.6 is 15.9 Å². The summed E-state index contributed by atoms with van der Waals surface area (Å²) in [6.45, 7) is 5.69. The van der Waals surface area contributed by atoms with Gasteiger partial charge in [-0.05, 0) is 68.0 Å².